The minimum Gasteiger partial charge on any atom is -0.393 e. The predicted molar refractivity (Wildman–Crippen MR) is 84.5 cm³/mol. The number of nitrogens with two attached hydrogens (primary N) is 1. The molecule has 8 heteroatoms. The zero-order valence-electron chi connectivity index (χ0n) is 12.3. The quantitative estimate of drug-likeness (QED) is 0.884. The molecule has 2 rings (SSSR count). The van der Waals surface area contributed by atoms with Crippen molar-refractivity contribution in [3.63, 3.8) is 0 Å². The first kappa shape index (κ1) is 15.6. The summed E-state index contributed by atoms with van der Waals surface area (Å²) in [6.07, 6.45) is 1.39. The van der Waals surface area contributed by atoms with Crippen LogP contribution in [-0.2, 0) is 19.6 Å². The van der Waals surface area contributed by atoms with E-state index in [0.717, 1.165) is 20.4 Å². The number of nitrogen functional groups attached to an aromatic ring is 1. The lowest BCUT2D eigenvalue weighted by atomic mass is 10.3. The molecule has 0 atom stereocenters. The summed E-state index contributed by atoms with van der Waals surface area (Å²) < 4.78 is 5.14. The number of rotatable bonds is 4. The molecule has 21 heavy (non-hydrogen) atoms. The molecule has 0 fully saturated rings. The van der Waals surface area contributed by atoms with Gasteiger partial charge in [0, 0.05) is 19.3 Å². The maximum absolute atomic E-state index is 12.3. The lowest BCUT2D eigenvalue weighted by Crippen LogP contribution is -2.41. The molecule has 2 heterocycles. The Morgan fingerprint density at radius 1 is 1.29 bits per heavy atom. The summed E-state index contributed by atoms with van der Waals surface area (Å²) in [7, 11) is 0. The third-order valence-electron chi connectivity index (χ3n) is 3.37. The van der Waals surface area contributed by atoms with Crippen LogP contribution in [0.3, 0.4) is 0 Å². The van der Waals surface area contributed by atoms with Crippen molar-refractivity contribution >= 4 is 21.6 Å². The van der Waals surface area contributed by atoms with E-state index in [2.05, 4.69) is 21.0 Å². The Bertz CT molecular complexity index is 787. The van der Waals surface area contributed by atoms with E-state index in [1.165, 1.54) is 10.8 Å². The highest BCUT2D eigenvalue weighted by molar-refractivity contribution is 9.10. The molecule has 0 unspecified atom stereocenters. The predicted octanol–water partition coefficient (Wildman–Crippen LogP) is 0.948. The van der Waals surface area contributed by atoms with Crippen LogP contribution in [0.2, 0.25) is 0 Å². The van der Waals surface area contributed by atoms with Gasteiger partial charge in [0.1, 0.15) is 5.69 Å². The number of nitrogens with zero attached hydrogens (tertiary/aromatic N) is 4. The van der Waals surface area contributed by atoms with E-state index in [-0.39, 0.29) is 17.9 Å². The highest BCUT2D eigenvalue weighted by atomic mass is 79.9. The topological polar surface area (TPSA) is 87.8 Å². The second-order valence-corrected chi connectivity index (χ2v) is 5.50. The van der Waals surface area contributed by atoms with Crippen LogP contribution in [0.1, 0.15) is 25.2 Å². The number of aromatic nitrogens is 4. The van der Waals surface area contributed by atoms with Gasteiger partial charge in [-0.2, -0.15) is 5.10 Å². The van der Waals surface area contributed by atoms with Crippen LogP contribution in [-0.4, -0.2) is 18.9 Å². The van der Waals surface area contributed by atoms with Gasteiger partial charge in [0.25, 0.3) is 5.56 Å². The van der Waals surface area contributed by atoms with Crippen molar-refractivity contribution in [2.45, 2.75) is 40.4 Å². The molecule has 0 saturated carbocycles. The number of aryl methyl sites for hydroxylation is 3. The molecule has 7 nitrogen and oxygen atoms in total. The van der Waals surface area contributed by atoms with Gasteiger partial charge in [-0.05, 0) is 36.7 Å². The summed E-state index contributed by atoms with van der Waals surface area (Å²) in [6.45, 7) is 6.89. The molecule has 2 aromatic rings. The summed E-state index contributed by atoms with van der Waals surface area (Å²) in [5.74, 6) is 0. The van der Waals surface area contributed by atoms with E-state index in [0.29, 0.717) is 13.1 Å². The molecule has 114 valence electrons. The molecule has 0 saturated heterocycles. The Morgan fingerprint density at radius 2 is 1.95 bits per heavy atom. The maximum atomic E-state index is 12.3. The maximum Gasteiger partial charge on any atom is 0.331 e. The molecule has 0 aliphatic carbocycles. The van der Waals surface area contributed by atoms with Gasteiger partial charge in [-0.3, -0.25) is 18.6 Å². The van der Waals surface area contributed by atoms with Gasteiger partial charge in [0.05, 0.1) is 22.4 Å². The third kappa shape index (κ3) is 2.67. The zero-order valence-corrected chi connectivity index (χ0v) is 13.8. The minimum absolute atomic E-state index is 0.0619. The van der Waals surface area contributed by atoms with Crippen LogP contribution in [0.5, 0.6) is 0 Å². The van der Waals surface area contributed by atoms with E-state index in [1.807, 2.05) is 20.8 Å². The summed E-state index contributed by atoms with van der Waals surface area (Å²) in [5.41, 5.74) is 6.52. The van der Waals surface area contributed by atoms with E-state index in [1.54, 1.807) is 4.68 Å². The van der Waals surface area contributed by atoms with Gasteiger partial charge in [-0.1, -0.05) is 0 Å². The van der Waals surface area contributed by atoms with Crippen molar-refractivity contribution < 1.29 is 0 Å². The Balaban J connectivity index is 2.63. The monoisotopic (exact) mass is 355 g/mol. The van der Waals surface area contributed by atoms with Crippen LogP contribution in [0.4, 0.5) is 5.69 Å². The lowest BCUT2D eigenvalue weighted by molar-refractivity contribution is 0.555. The van der Waals surface area contributed by atoms with Gasteiger partial charge in [-0.25, -0.2) is 4.79 Å². The largest absolute Gasteiger partial charge is 0.393 e. The fraction of sp³-hybridized carbons (Fsp3) is 0.462. The first-order valence-electron chi connectivity index (χ1n) is 6.72. The number of hydrogen-bond donors (Lipinski definition) is 1. The SMILES string of the molecule is CCn1nc(C)c(Br)c1Cn1c(=O)c(N)cn(CC)c1=O. The van der Waals surface area contributed by atoms with Crippen molar-refractivity contribution in [3.8, 4) is 0 Å². The van der Waals surface area contributed by atoms with Crippen molar-refractivity contribution in [2.75, 3.05) is 5.73 Å². The van der Waals surface area contributed by atoms with Gasteiger partial charge in [0.15, 0.2) is 0 Å². The average Bonchev–Trinajstić information content (AvgIpc) is 2.74. The molecule has 0 aromatic carbocycles. The second-order valence-electron chi connectivity index (χ2n) is 4.71. The molecule has 0 radical (unpaired) electrons. The zero-order chi connectivity index (χ0) is 15.7. The van der Waals surface area contributed by atoms with Crippen molar-refractivity contribution in [1.29, 1.82) is 0 Å². The van der Waals surface area contributed by atoms with Gasteiger partial charge in [0.2, 0.25) is 0 Å². The highest BCUT2D eigenvalue weighted by Crippen LogP contribution is 2.21. The van der Waals surface area contributed by atoms with Crippen molar-refractivity contribution in [3.05, 3.63) is 42.9 Å². The van der Waals surface area contributed by atoms with E-state index in [4.69, 9.17) is 5.73 Å². The summed E-state index contributed by atoms with van der Waals surface area (Å²) in [5, 5.41) is 4.36. The molecule has 0 spiro atoms. The summed E-state index contributed by atoms with van der Waals surface area (Å²) >= 11 is 3.46. The molecule has 0 aliphatic rings. The number of halogens is 1. The van der Waals surface area contributed by atoms with Gasteiger partial charge < -0.3 is 5.73 Å². The van der Waals surface area contributed by atoms with E-state index < -0.39 is 5.56 Å². The van der Waals surface area contributed by atoms with Crippen LogP contribution >= 0.6 is 15.9 Å². The summed E-state index contributed by atoms with van der Waals surface area (Å²) in [4.78, 5) is 24.5. The Hall–Kier alpha value is -1.83. The lowest BCUT2D eigenvalue weighted by Gasteiger charge is -2.11. The minimum atomic E-state index is -0.474. The fourth-order valence-electron chi connectivity index (χ4n) is 2.21. The number of hydrogen-bond acceptors (Lipinski definition) is 4. The molecular weight excluding hydrogens is 338 g/mol. The first-order chi connectivity index (χ1) is 9.90. The molecule has 2 N–H and O–H groups in total. The normalized spacial score (nSPS) is 11.0. The molecule has 0 aliphatic heterocycles. The first-order valence-corrected chi connectivity index (χ1v) is 7.51. The molecule has 0 amide bonds. The van der Waals surface area contributed by atoms with Gasteiger partial charge in [-0.15, -0.1) is 0 Å². The molecular formula is C13H18BrN5O2. The van der Waals surface area contributed by atoms with Crippen molar-refractivity contribution in [1.82, 2.24) is 18.9 Å². The Kier molecular flexibility index (Phi) is 4.36. The van der Waals surface area contributed by atoms with Crippen LogP contribution in [0.15, 0.2) is 20.3 Å². The molecule has 0 bridgehead atoms. The fourth-order valence-corrected chi connectivity index (χ4v) is 2.62. The Morgan fingerprint density at radius 3 is 2.52 bits per heavy atom. The molecule has 2 aromatic heterocycles. The standard InChI is InChI=1S/C13H18BrN5O2/c1-4-17-6-9(15)12(20)18(13(17)21)7-10-11(14)8(3)16-19(10)5-2/h6H,4-5,7,15H2,1-3H3. The van der Waals surface area contributed by atoms with Crippen LogP contribution < -0.4 is 17.0 Å². The van der Waals surface area contributed by atoms with Gasteiger partial charge >= 0.3 is 5.69 Å². The van der Waals surface area contributed by atoms with Crippen molar-refractivity contribution in [2.24, 2.45) is 0 Å². The van der Waals surface area contributed by atoms with E-state index >= 15 is 0 Å². The second kappa shape index (κ2) is 5.88. The average molecular weight is 356 g/mol. The van der Waals surface area contributed by atoms with E-state index in [9.17, 15) is 9.59 Å². The summed E-state index contributed by atoms with van der Waals surface area (Å²) in [6, 6.07) is 0. The Labute approximate surface area is 130 Å². The smallest absolute Gasteiger partial charge is 0.331 e. The van der Waals surface area contributed by atoms with Crippen LogP contribution in [0.25, 0.3) is 0 Å². The number of anilines is 1. The van der Waals surface area contributed by atoms with Crippen LogP contribution in [0, 0.1) is 6.92 Å². The highest BCUT2D eigenvalue weighted by Gasteiger charge is 2.16. The third-order valence-corrected chi connectivity index (χ3v) is 4.40.